The minimum atomic E-state index is -0.273. The first-order valence-corrected chi connectivity index (χ1v) is 5.91. The number of rotatable bonds is 4. The molecule has 0 saturated heterocycles. The van der Waals surface area contributed by atoms with Gasteiger partial charge in [0.05, 0.1) is 12.2 Å². The Bertz CT molecular complexity index is 158. The van der Waals surface area contributed by atoms with Gasteiger partial charge in [-0.15, -0.1) is 0 Å². The Morgan fingerprint density at radius 2 is 2.00 bits per heavy atom. The Labute approximate surface area is 87.7 Å². The Morgan fingerprint density at radius 3 is 2.57 bits per heavy atom. The Morgan fingerprint density at radius 1 is 1.36 bits per heavy atom. The number of hydrogen-bond donors (Lipinski definition) is 1. The van der Waals surface area contributed by atoms with Gasteiger partial charge < -0.3 is 9.84 Å². The van der Waals surface area contributed by atoms with E-state index in [0.29, 0.717) is 11.8 Å². The third kappa shape index (κ3) is 2.71. The molecule has 2 heteroatoms. The van der Waals surface area contributed by atoms with E-state index in [4.69, 9.17) is 4.74 Å². The fourth-order valence-corrected chi connectivity index (χ4v) is 2.68. The zero-order valence-corrected chi connectivity index (χ0v) is 9.70. The molecule has 0 heterocycles. The third-order valence-corrected chi connectivity index (χ3v) is 3.78. The summed E-state index contributed by atoms with van der Waals surface area (Å²) in [6, 6.07) is 0. The van der Waals surface area contributed by atoms with Crippen LogP contribution >= 0.6 is 0 Å². The van der Waals surface area contributed by atoms with Crippen molar-refractivity contribution < 1.29 is 9.84 Å². The van der Waals surface area contributed by atoms with E-state index in [9.17, 15) is 5.11 Å². The summed E-state index contributed by atoms with van der Waals surface area (Å²) >= 11 is 0. The summed E-state index contributed by atoms with van der Waals surface area (Å²) in [6.07, 6.45) is 5.97. The van der Waals surface area contributed by atoms with Crippen LogP contribution in [-0.2, 0) is 4.74 Å². The van der Waals surface area contributed by atoms with Gasteiger partial charge in [-0.3, -0.25) is 0 Å². The fraction of sp³-hybridized carbons (Fsp3) is 1.00. The lowest BCUT2D eigenvalue weighted by Crippen LogP contribution is -2.38. The van der Waals surface area contributed by atoms with Gasteiger partial charge in [0.25, 0.3) is 0 Å². The van der Waals surface area contributed by atoms with Gasteiger partial charge in [0.1, 0.15) is 0 Å². The fourth-order valence-electron chi connectivity index (χ4n) is 2.68. The Balaban J connectivity index is 2.53. The average Bonchev–Trinajstić information content (AvgIpc) is 2.26. The summed E-state index contributed by atoms with van der Waals surface area (Å²) in [6.45, 7) is 4.19. The molecule has 0 aromatic heterocycles. The molecule has 4 atom stereocenters. The molecule has 0 aromatic carbocycles. The molecule has 0 radical (unpaired) electrons. The van der Waals surface area contributed by atoms with Crippen LogP contribution in [0.1, 0.15) is 46.0 Å². The van der Waals surface area contributed by atoms with Crippen LogP contribution < -0.4 is 0 Å². The number of ether oxygens (including phenoxy) is 1. The number of hydrogen-bond acceptors (Lipinski definition) is 2. The van der Waals surface area contributed by atoms with E-state index in [1.54, 1.807) is 7.11 Å². The number of aliphatic hydroxyl groups excluding tert-OH is 1. The minimum Gasteiger partial charge on any atom is -0.390 e. The van der Waals surface area contributed by atoms with E-state index < -0.39 is 0 Å². The normalized spacial score (nSPS) is 32.6. The summed E-state index contributed by atoms with van der Waals surface area (Å²) in [7, 11) is 1.68. The van der Waals surface area contributed by atoms with Crippen molar-refractivity contribution in [3.05, 3.63) is 0 Å². The summed E-state index contributed by atoms with van der Waals surface area (Å²) < 4.78 is 5.21. The molecule has 0 amide bonds. The van der Waals surface area contributed by atoms with E-state index in [2.05, 4.69) is 6.92 Å². The summed E-state index contributed by atoms with van der Waals surface area (Å²) in [5.41, 5.74) is 0. The first-order valence-electron chi connectivity index (χ1n) is 5.91. The van der Waals surface area contributed by atoms with E-state index in [1.165, 1.54) is 32.1 Å². The van der Waals surface area contributed by atoms with Crippen LogP contribution in [0.5, 0.6) is 0 Å². The van der Waals surface area contributed by atoms with Gasteiger partial charge in [-0.2, -0.15) is 0 Å². The molecule has 84 valence electrons. The van der Waals surface area contributed by atoms with Gasteiger partial charge >= 0.3 is 0 Å². The van der Waals surface area contributed by atoms with Crippen LogP contribution in [0, 0.1) is 11.8 Å². The van der Waals surface area contributed by atoms with Crippen molar-refractivity contribution in [2.45, 2.75) is 58.2 Å². The van der Waals surface area contributed by atoms with Crippen molar-refractivity contribution in [3.8, 4) is 0 Å². The van der Waals surface area contributed by atoms with Gasteiger partial charge in [0, 0.05) is 7.11 Å². The SMILES string of the molecule is CCC1CCCCC1C(O)C(C)OC. The largest absolute Gasteiger partial charge is 0.390 e. The summed E-state index contributed by atoms with van der Waals surface area (Å²) in [4.78, 5) is 0. The molecule has 1 fully saturated rings. The van der Waals surface area contributed by atoms with Crippen LogP contribution in [0.4, 0.5) is 0 Å². The Kier molecular flexibility index (Phi) is 4.90. The molecule has 1 rings (SSSR count). The molecule has 2 nitrogen and oxygen atoms in total. The highest BCUT2D eigenvalue weighted by molar-refractivity contribution is 4.82. The molecule has 1 aliphatic rings. The maximum Gasteiger partial charge on any atom is 0.0829 e. The number of aliphatic hydroxyl groups is 1. The lowest BCUT2D eigenvalue weighted by molar-refractivity contribution is -0.0559. The maximum absolute atomic E-state index is 10.1. The van der Waals surface area contributed by atoms with Crippen LogP contribution in [0.15, 0.2) is 0 Å². The van der Waals surface area contributed by atoms with E-state index >= 15 is 0 Å². The zero-order chi connectivity index (χ0) is 10.6. The van der Waals surface area contributed by atoms with Gasteiger partial charge in [0.15, 0.2) is 0 Å². The van der Waals surface area contributed by atoms with Crippen molar-refractivity contribution in [2.24, 2.45) is 11.8 Å². The molecule has 14 heavy (non-hydrogen) atoms. The molecule has 0 aromatic rings. The standard InChI is InChI=1S/C12H24O2/c1-4-10-7-5-6-8-11(10)12(13)9(2)14-3/h9-13H,4-8H2,1-3H3. The molecule has 1 saturated carbocycles. The van der Waals surface area contributed by atoms with Gasteiger partial charge in [0.2, 0.25) is 0 Å². The first-order chi connectivity index (χ1) is 6.70. The first kappa shape index (κ1) is 12.0. The number of methoxy groups -OCH3 is 1. The molecule has 1 N–H and O–H groups in total. The van der Waals surface area contributed by atoms with Crippen molar-refractivity contribution in [1.82, 2.24) is 0 Å². The molecule has 0 bridgehead atoms. The van der Waals surface area contributed by atoms with E-state index in [0.717, 1.165) is 0 Å². The predicted octanol–water partition coefficient (Wildman–Crippen LogP) is 2.60. The third-order valence-electron chi connectivity index (χ3n) is 3.78. The zero-order valence-electron chi connectivity index (χ0n) is 9.70. The quantitative estimate of drug-likeness (QED) is 0.756. The van der Waals surface area contributed by atoms with Gasteiger partial charge in [-0.1, -0.05) is 32.6 Å². The molecule has 0 spiro atoms. The lowest BCUT2D eigenvalue weighted by Gasteiger charge is -2.36. The maximum atomic E-state index is 10.1. The van der Waals surface area contributed by atoms with Crippen LogP contribution in [0.2, 0.25) is 0 Å². The molecule has 4 unspecified atom stereocenters. The lowest BCUT2D eigenvalue weighted by atomic mass is 9.74. The highest BCUT2D eigenvalue weighted by atomic mass is 16.5. The van der Waals surface area contributed by atoms with E-state index in [-0.39, 0.29) is 12.2 Å². The van der Waals surface area contributed by atoms with Crippen LogP contribution in [-0.4, -0.2) is 24.4 Å². The highest BCUT2D eigenvalue weighted by Gasteiger charge is 2.32. The van der Waals surface area contributed by atoms with Crippen molar-refractivity contribution in [1.29, 1.82) is 0 Å². The van der Waals surface area contributed by atoms with E-state index in [1.807, 2.05) is 6.92 Å². The highest BCUT2D eigenvalue weighted by Crippen LogP contribution is 2.35. The van der Waals surface area contributed by atoms with Crippen molar-refractivity contribution in [3.63, 3.8) is 0 Å². The Hall–Kier alpha value is -0.0800. The van der Waals surface area contributed by atoms with Crippen molar-refractivity contribution in [2.75, 3.05) is 7.11 Å². The summed E-state index contributed by atoms with van der Waals surface area (Å²) in [5.74, 6) is 1.17. The van der Waals surface area contributed by atoms with Crippen LogP contribution in [0.25, 0.3) is 0 Å². The van der Waals surface area contributed by atoms with Crippen molar-refractivity contribution >= 4 is 0 Å². The average molecular weight is 200 g/mol. The predicted molar refractivity (Wildman–Crippen MR) is 58.2 cm³/mol. The molecular weight excluding hydrogens is 176 g/mol. The second kappa shape index (κ2) is 5.72. The van der Waals surface area contributed by atoms with Gasteiger partial charge in [-0.05, 0) is 25.2 Å². The topological polar surface area (TPSA) is 29.5 Å². The molecule has 1 aliphatic carbocycles. The second-order valence-electron chi connectivity index (χ2n) is 4.55. The summed E-state index contributed by atoms with van der Waals surface area (Å²) in [5, 5.41) is 10.1. The molecule has 0 aliphatic heterocycles. The minimum absolute atomic E-state index is 0.0212. The second-order valence-corrected chi connectivity index (χ2v) is 4.55. The smallest absolute Gasteiger partial charge is 0.0829 e. The monoisotopic (exact) mass is 200 g/mol. The van der Waals surface area contributed by atoms with Crippen LogP contribution in [0.3, 0.4) is 0 Å². The van der Waals surface area contributed by atoms with Gasteiger partial charge in [-0.25, -0.2) is 0 Å². The molecular formula is C12H24O2.